The summed E-state index contributed by atoms with van der Waals surface area (Å²) in [5.41, 5.74) is 5.33. The van der Waals surface area contributed by atoms with E-state index in [-0.39, 0.29) is 32.6 Å². The fourth-order valence-electron chi connectivity index (χ4n) is 5.65. The second-order valence-corrected chi connectivity index (χ2v) is 15.7. The van der Waals surface area contributed by atoms with Crippen LogP contribution in [0.5, 0.6) is 0 Å². The van der Waals surface area contributed by atoms with Crippen molar-refractivity contribution in [3.8, 4) is 0 Å². The molecule has 0 rings (SSSR count). The Morgan fingerprint density at radius 1 is 0.636 bits per heavy atom. The summed E-state index contributed by atoms with van der Waals surface area (Å²) in [7, 11) is -4.44. The smallest absolute Gasteiger partial charge is 0.462 e. The summed E-state index contributed by atoms with van der Waals surface area (Å²) in [6.07, 6.45) is 36.3. The molecule has 0 aromatic heterocycles. The van der Waals surface area contributed by atoms with Gasteiger partial charge in [0.2, 0.25) is 0 Å². The Morgan fingerprint density at radius 3 is 1.75 bits per heavy atom. The van der Waals surface area contributed by atoms with Crippen molar-refractivity contribution < 1.29 is 47.8 Å². The molecular weight excluding hydrogens is 721 g/mol. The first kappa shape index (κ1) is 52.9. The van der Waals surface area contributed by atoms with E-state index in [0.29, 0.717) is 25.7 Å². The van der Waals surface area contributed by atoms with Gasteiger partial charge in [0.15, 0.2) is 6.10 Å². The predicted octanol–water partition coefficient (Wildman–Crippen LogP) is 9.88. The van der Waals surface area contributed by atoms with Gasteiger partial charge in [-0.05, 0) is 38.5 Å². The normalized spacial score (nSPS) is 14.9. The number of carbonyl (C=O) groups is 2. The lowest BCUT2D eigenvalue weighted by molar-refractivity contribution is -0.161. The zero-order valence-electron chi connectivity index (χ0n) is 34.4. The Bertz CT molecular complexity index is 1080. The van der Waals surface area contributed by atoms with Crippen LogP contribution < -0.4 is 5.73 Å². The molecule has 55 heavy (non-hydrogen) atoms. The number of ether oxygens (including phenoxy) is 2. The molecule has 0 bridgehead atoms. The predicted molar refractivity (Wildman–Crippen MR) is 222 cm³/mol. The summed E-state index contributed by atoms with van der Waals surface area (Å²) in [5.74, 6) is -1.07. The molecule has 0 aliphatic heterocycles. The van der Waals surface area contributed by atoms with Gasteiger partial charge in [-0.15, -0.1) is 0 Å². The van der Waals surface area contributed by atoms with Crippen molar-refractivity contribution in [1.29, 1.82) is 0 Å². The minimum Gasteiger partial charge on any atom is -0.462 e. The van der Waals surface area contributed by atoms with Gasteiger partial charge in [-0.1, -0.05) is 165 Å². The molecule has 1 unspecified atom stereocenters. The van der Waals surface area contributed by atoms with Gasteiger partial charge < -0.3 is 30.3 Å². The van der Waals surface area contributed by atoms with Crippen LogP contribution in [0, 0.1) is 0 Å². The quantitative estimate of drug-likeness (QED) is 0.0153. The highest BCUT2D eigenvalue weighted by molar-refractivity contribution is 7.47. The van der Waals surface area contributed by atoms with E-state index in [4.69, 9.17) is 24.3 Å². The fraction of sp³-hybridized carbons (Fsp3) is 0.767. The van der Waals surface area contributed by atoms with Crippen molar-refractivity contribution in [1.82, 2.24) is 0 Å². The molecule has 0 aliphatic carbocycles. The highest BCUT2D eigenvalue weighted by atomic mass is 31.2. The Morgan fingerprint density at radius 2 is 1.16 bits per heavy atom. The topological polar surface area (TPSA) is 175 Å². The molecule has 0 saturated heterocycles. The van der Waals surface area contributed by atoms with Gasteiger partial charge in [0.1, 0.15) is 6.61 Å². The minimum atomic E-state index is -4.44. The summed E-state index contributed by atoms with van der Waals surface area (Å²) in [6, 6.07) is 0. The summed E-state index contributed by atoms with van der Waals surface area (Å²) in [4.78, 5) is 34.8. The second-order valence-electron chi connectivity index (χ2n) is 14.3. The van der Waals surface area contributed by atoms with Crippen LogP contribution in [-0.2, 0) is 32.7 Å². The van der Waals surface area contributed by atoms with Gasteiger partial charge in [0.05, 0.1) is 25.4 Å². The Labute approximate surface area is 333 Å². The molecule has 0 aromatic rings. The third kappa shape index (κ3) is 38.5. The summed E-state index contributed by atoms with van der Waals surface area (Å²) in [6.45, 7) is 3.38. The number of aliphatic hydroxyl groups excluding tert-OH is 2. The molecule has 5 N–H and O–H groups in total. The van der Waals surface area contributed by atoms with Crippen molar-refractivity contribution in [3.05, 3.63) is 48.6 Å². The number of hydrogen-bond donors (Lipinski definition) is 4. The molecule has 0 fully saturated rings. The zero-order chi connectivity index (χ0) is 40.7. The highest BCUT2D eigenvalue weighted by Crippen LogP contribution is 2.43. The molecule has 4 atom stereocenters. The standard InChI is InChI=1S/C43H78NO10P/c1-3-5-7-9-11-12-13-14-15-16-17-18-19-21-27-33-42(47)51-37-41(38-53-55(49,50)52-36-35-44)54-43(48)34-28-32-40(46)31-26-23-22-25-30-39(45)29-24-20-10-8-6-4-2/h20,22-26,30-31,39-41,45-46H,3-19,21,27-29,32-38,44H2,1-2H3,(H,49,50)/b23-22+,24-20-,30-25+,31-26-/t39-,40-,41+/m0/s1. The number of nitrogens with two attached hydrogens (primary N) is 1. The lowest BCUT2D eigenvalue weighted by Gasteiger charge is -2.20. The number of hydrogen-bond acceptors (Lipinski definition) is 10. The van der Waals surface area contributed by atoms with Crippen molar-refractivity contribution in [2.24, 2.45) is 5.73 Å². The van der Waals surface area contributed by atoms with E-state index in [2.05, 4.69) is 19.9 Å². The number of aliphatic hydroxyl groups is 2. The van der Waals surface area contributed by atoms with Crippen LogP contribution in [0.2, 0.25) is 0 Å². The van der Waals surface area contributed by atoms with Gasteiger partial charge in [-0.3, -0.25) is 18.6 Å². The molecule has 0 saturated carbocycles. The molecular formula is C43H78NO10P. The van der Waals surface area contributed by atoms with Crippen LogP contribution >= 0.6 is 7.82 Å². The number of rotatable bonds is 39. The van der Waals surface area contributed by atoms with Crippen LogP contribution in [-0.4, -0.2) is 71.7 Å². The number of esters is 2. The molecule has 320 valence electrons. The largest absolute Gasteiger partial charge is 0.472 e. The number of phosphoric ester groups is 1. The average molecular weight is 800 g/mol. The van der Waals surface area contributed by atoms with Crippen LogP contribution in [0.4, 0.5) is 0 Å². The number of carbonyl (C=O) groups excluding carboxylic acids is 2. The summed E-state index contributed by atoms with van der Waals surface area (Å²) >= 11 is 0. The van der Waals surface area contributed by atoms with Gasteiger partial charge in [0, 0.05) is 19.4 Å². The van der Waals surface area contributed by atoms with Crippen molar-refractivity contribution in [2.45, 2.75) is 186 Å². The third-order valence-electron chi connectivity index (χ3n) is 8.91. The molecule has 0 spiro atoms. The first-order chi connectivity index (χ1) is 26.6. The molecule has 0 amide bonds. The van der Waals surface area contributed by atoms with Crippen molar-refractivity contribution >= 4 is 19.8 Å². The van der Waals surface area contributed by atoms with Gasteiger partial charge >= 0.3 is 19.8 Å². The molecule has 0 aromatic carbocycles. The fourth-order valence-corrected chi connectivity index (χ4v) is 6.42. The summed E-state index contributed by atoms with van der Waals surface area (Å²) < 4.78 is 32.6. The maximum atomic E-state index is 12.6. The van der Waals surface area contributed by atoms with E-state index in [1.165, 1.54) is 89.9 Å². The van der Waals surface area contributed by atoms with Crippen molar-refractivity contribution in [3.63, 3.8) is 0 Å². The first-order valence-electron chi connectivity index (χ1n) is 21.3. The molecule has 0 heterocycles. The van der Waals surface area contributed by atoms with Gasteiger partial charge in [0.25, 0.3) is 0 Å². The number of phosphoric acid groups is 1. The Hall–Kier alpha value is -2.11. The van der Waals surface area contributed by atoms with E-state index >= 15 is 0 Å². The third-order valence-corrected chi connectivity index (χ3v) is 9.89. The molecule has 0 aliphatic rings. The lowest BCUT2D eigenvalue weighted by Crippen LogP contribution is -2.29. The average Bonchev–Trinajstić information content (AvgIpc) is 3.16. The zero-order valence-corrected chi connectivity index (χ0v) is 35.3. The number of allylic oxidation sites excluding steroid dienone is 5. The maximum Gasteiger partial charge on any atom is 0.472 e. The van der Waals surface area contributed by atoms with Crippen LogP contribution in [0.15, 0.2) is 48.6 Å². The molecule has 11 nitrogen and oxygen atoms in total. The Balaban J connectivity index is 4.43. The van der Waals surface area contributed by atoms with Crippen LogP contribution in [0.25, 0.3) is 0 Å². The van der Waals surface area contributed by atoms with Gasteiger partial charge in [-0.2, -0.15) is 0 Å². The van der Waals surface area contributed by atoms with E-state index < -0.39 is 44.7 Å². The van der Waals surface area contributed by atoms with Gasteiger partial charge in [-0.25, -0.2) is 4.57 Å². The van der Waals surface area contributed by atoms with E-state index in [1.807, 2.05) is 6.08 Å². The summed E-state index contributed by atoms with van der Waals surface area (Å²) in [5, 5.41) is 20.3. The SMILES string of the molecule is CCCCC/C=C\C[C@H](O)/C=C/C=C/C=C\[C@H](O)CCCC(=O)O[C@H](COC(=O)CCCCCCCCCCCCCCCCC)COP(=O)(O)OCCN. The van der Waals surface area contributed by atoms with Crippen LogP contribution in [0.1, 0.15) is 168 Å². The first-order valence-corrected chi connectivity index (χ1v) is 22.8. The van der Waals surface area contributed by atoms with E-state index in [0.717, 1.165) is 25.7 Å². The second kappa shape index (κ2) is 38.7. The molecule has 0 radical (unpaired) electrons. The Kier molecular flexibility index (Phi) is 37.3. The van der Waals surface area contributed by atoms with E-state index in [9.17, 15) is 29.3 Å². The highest BCUT2D eigenvalue weighted by Gasteiger charge is 2.26. The number of unbranched alkanes of at least 4 members (excludes halogenated alkanes) is 17. The molecule has 12 heteroatoms. The lowest BCUT2D eigenvalue weighted by atomic mass is 10.0. The van der Waals surface area contributed by atoms with Crippen molar-refractivity contribution in [2.75, 3.05) is 26.4 Å². The minimum absolute atomic E-state index is 0.0130. The van der Waals surface area contributed by atoms with Crippen LogP contribution in [0.3, 0.4) is 0 Å². The van der Waals surface area contributed by atoms with E-state index in [1.54, 1.807) is 36.5 Å². The maximum absolute atomic E-state index is 12.6. The monoisotopic (exact) mass is 800 g/mol.